The molecule has 0 aromatic carbocycles. The lowest BCUT2D eigenvalue weighted by molar-refractivity contribution is -0.0988. The van der Waals surface area contributed by atoms with E-state index in [2.05, 4.69) is 18.7 Å². The first-order chi connectivity index (χ1) is 8.30. The Kier molecular flexibility index (Phi) is 6.05. The fourth-order valence-electron chi connectivity index (χ4n) is 2.21. The van der Waals surface area contributed by atoms with E-state index in [1.807, 2.05) is 20.8 Å². The van der Waals surface area contributed by atoms with Crippen molar-refractivity contribution in [2.24, 2.45) is 0 Å². The normalized spacial score (nSPS) is 28.3. The topological polar surface area (TPSA) is 41.9 Å². The maximum atomic E-state index is 10.0. The summed E-state index contributed by atoms with van der Waals surface area (Å²) in [7, 11) is 0. The highest BCUT2D eigenvalue weighted by Gasteiger charge is 2.25. The van der Waals surface area contributed by atoms with Crippen molar-refractivity contribution in [2.75, 3.05) is 26.2 Å². The van der Waals surface area contributed by atoms with Crippen LogP contribution in [0.25, 0.3) is 0 Å². The third-order valence-electron chi connectivity index (χ3n) is 3.03. The Labute approximate surface area is 111 Å². The summed E-state index contributed by atoms with van der Waals surface area (Å²) in [5, 5.41) is 10.0. The Morgan fingerprint density at radius 2 is 2.06 bits per heavy atom. The number of morpholine rings is 1. The number of β-amino-alcohol motifs (C(OH)–C–C–N with tert-alkyl or cyclic N) is 1. The van der Waals surface area contributed by atoms with Crippen LogP contribution in [0.5, 0.6) is 0 Å². The summed E-state index contributed by atoms with van der Waals surface area (Å²) < 4.78 is 11.4. The van der Waals surface area contributed by atoms with E-state index in [9.17, 15) is 5.11 Å². The van der Waals surface area contributed by atoms with Crippen molar-refractivity contribution in [3.8, 4) is 0 Å². The predicted molar refractivity (Wildman–Crippen MR) is 72.8 cm³/mol. The molecule has 1 rings (SSSR count). The van der Waals surface area contributed by atoms with E-state index in [1.54, 1.807) is 0 Å². The summed E-state index contributed by atoms with van der Waals surface area (Å²) in [6, 6.07) is 0. The molecule has 0 aliphatic carbocycles. The molecule has 3 unspecified atom stereocenters. The zero-order valence-corrected chi connectivity index (χ0v) is 12.5. The maximum Gasteiger partial charge on any atom is 0.0900 e. The van der Waals surface area contributed by atoms with Crippen LogP contribution in [0.3, 0.4) is 0 Å². The molecule has 0 radical (unpaired) electrons. The van der Waals surface area contributed by atoms with E-state index in [1.165, 1.54) is 0 Å². The van der Waals surface area contributed by atoms with Gasteiger partial charge in [-0.2, -0.15) is 0 Å². The third kappa shape index (κ3) is 6.14. The second-order valence-electron chi connectivity index (χ2n) is 6.27. The predicted octanol–water partition coefficient (Wildman–Crippen LogP) is 1.66. The van der Waals surface area contributed by atoms with Gasteiger partial charge in [0.1, 0.15) is 0 Å². The molecule has 4 heteroatoms. The highest BCUT2D eigenvalue weighted by Crippen LogP contribution is 2.14. The Morgan fingerprint density at radius 3 is 2.61 bits per heavy atom. The molecular formula is C14H29NO3. The molecule has 1 saturated heterocycles. The van der Waals surface area contributed by atoms with Crippen molar-refractivity contribution in [1.29, 1.82) is 0 Å². The first-order valence-electron chi connectivity index (χ1n) is 7.00. The van der Waals surface area contributed by atoms with Gasteiger partial charge in [-0.15, -0.1) is 0 Å². The average molecular weight is 259 g/mol. The molecule has 108 valence electrons. The molecule has 1 heterocycles. The zero-order valence-electron chi connectivity index (χ0n) is 12.5. The third-order valence-corrected chi connectivity index (χ3v) is 3.03. The minimum absolute atomic E-state index is 0.189. The van der Waals surface area contributed by atoms with Gasteiger partial charge in [-0.3, -0.25) is 4.90 Å². The molecule has 0 aromatic heterocycles. The molecule has 0 amide bonds. The first-order valence-corrected chi connectivity index (χ1v) is 7.00. The molecule has 4 nitrogen and oxygen atoms in total. The van der Waals surface area contributed by atoms with Gasteiger partial charge in [-0.25, -0.2) is 0 Å². The van der Waals surface area contributed by atoms with Crippen LogP contribution in [0.15, 0.2) is 0 Å². The lowest BCUT2D eigenvalue weighted by Gasteiger charge is -2.37. The molecule has 0 aromatic rings. The highest BCUT2D eigenvalue weighted by molar-refractivity contribution is 4.77. The Morgan fingerprint density at radius 1 is 1.39 bits per heavy atom. The summed E-state index contributed by atoms with van der Waals surface area (Å²) in [5.41, 5.74) is -0.189. The van der Waals surface area contributed by atoms with E-state index in [0.717, 1.165) is 19.5 Å². The van der Waals surface area contributed by atoms with Gasteiger partial charge in [0.25, 0.3) is 0 Å². The van der Waals surface area contributed by atoms with Crippen molar-refractivity contribution in [3.05, 3.63) is 0 Å². The molecule has 1 aliphatic heterocycles. The second-order valence-corrected chi connectivity index (χ2v) is 6.27. The van der Waals surface area contributed by atoms with Gasteiger partial charge in [0.05, 0.1) is 30.5 Å². The molecule has 0 bridgehead atoms. The number of ether oxygens (including phenoxy) is 2. The van der Waals surface area contributed by atoms with Crippen molar-refractivity contribution >= 4 is 0 Å². The van der Waals surface area contributed by atoms with Crippen LogP contribution in [0.1, 0.15) is 41.0 Å². The van der Waals surface area contributed by atoms with Crippen LogP contribution in [-0.2, 0) is 9.47 Å². The van der Waals surface area contributed by atoms with E-state index < -0.39 is 6.10 Å². The highest BCUT2D eigenvalue weighted by atomic mass is 16.5. The van der Waals surface area contributed by atoms with Gasteiger partial charge in [0, 0.05) is 19.6 Å². The number of hydrogen-bond donors (Lipinski definition) is 1. The number of aliphatic hydroxyl groups is 1. The summed E-state index contributed by atoms with van der Waals surface area (Å²) in [4.78, 5) is 2.28. The molecule has 0 saturated carbocycles. The van der Waals surface area contributed by atoms with Crippen molar-refractivity contribution in [3.63, 3.8) is 0 Å². The van der Waals surface area contributed by atoms with E-state index in [-0.39, 0.29) is 11.7 Å². The summed E-state index contributed by atoms with van der Waals surface area (Å²) in [5.74, 6) is 0. The smallest absolute Gasteiger partial charge is 0.0900 e. The number of rotatable bonds is 5. The monoisotopic (exact) mass is 259 g/mol. The maximum absolute atomic E-state index is 10.0. The lowest BCUT2D eigenvalue weighted by atomic mass is 10.1. The molecule has 1 N–H and O–H groups in total. The molecular weight excluding hydrogens is 230 g/mol. The van der Waals surface area contributed by atoms with Crippen molar-refractivity contribution in [1.82, 2.24) is 4.90 Å². The number of aliphatic hydroxyl groups excluding tert-OH is 1. The van der Waals surface area contributed by atoms with E-state index in [0.29, 0.717) is 19.3 Å². The largest absolute Gasteiger partial charge is 0.389 e. The molecule has 18 heavy (non-hydrogen) atoms. The molecule has 1 aliphatic rings. The van der Waals surface area contributed by atoms with Crippen LogP contribution in [0, 0.1) is 0 Å². The Bertz CT molecular complexity index is 240. The zero-order chi connectivity index (χ0) is 13.8. The fourth-order valence-corrected chi connectivity index (χ4v) is 2.21. The van der Waals surface area contributed by atoms with Crippen molar-refractivity contribution < 1.29 is 14.6 Å². The van der Waals surface area contributed by atoms with Crippen LogP contribution in [-0.4, -0.2) is 60.2 Å². The van der Waals surface area contributed by atoms with Crippen LogP contribution in [0.2, 0.25) is 0 Å². The van der Waals surface area contributed by atoms with Gasteiger partial charge in [-0.1, -0.05) is 6.92 Å². The molecule has 1 fully saturated rings. The van der Waals surface area contributed by atoms with Gasteiger partial charge >= 0.3 is 0 Å². The van der Waals surface area contributed by atoms with Gasteiger partial charge in [-0.05, 0) is 34.1 Å². The Hall–Kier alpha value is -0.160. The minimum Gasteiger partial charge on any atom is -0.389 e. The minimum atomic E-state index is -0.424. The SMILES string of the molecule is CCC1CN(CC(O)COC(C)(C)C)CC(C)O1. The molecule has 3 atom stereocenters. The van der Waals surface area contributed by atoms with Crippen LogP contribution >= 0.6 is 0 Å². The van der Waals surface area contributed by atoms with Gasteiger partial charge in [0.2, 0.25) is 0 Å². The van der Waals surface area contributed by atoms with Gasteiger partial charge in [0.15, 0.2) is 0 Å². The van der Waals surface area contributed by atoms with Crippen LogP contribution in [0.4, 0.5) is 0 Å². The first kappa shape index (κ1) is 15.9. The standard InChI is InChI=1S/C14H29NO3/c1-6-13-9-15(7-11(2)18-13)8-12(16)10-17-14(3,4)5/h11-13,16H,6-10H2,1-5H3. The van der Waals surface area contributed by atoms with Gasteiger partial charge < -0.3 is 14.6 Å². The summed E-state index contributed by atoms with van der Waals surface area (Å²) in [6.07, 6.45) is 1.14. The Balaban J connectivity index is 2.32. The number of nitrogens with zero attached hydrogens (tertiary/aromatic N) is 1. The summed E-state index contributed by atoms with van der Waals surface area (Å²) >= 11 is 0. The van der Waals surface area contributed by atoms with E-state index >= 15 is 0 Å². The summed E-state index contributed by atoms with van der Waals surface area (Å²) in [6.45, 7) is 13.1. The van der Waals surface area contributed by atoms with E-state index in [4.69, 9.17) is 9.47 Å². The lowest BCUT2D eigenvalue weighted by Crippen LogP contribution is -2.49. The fraction of sp³-hybridized carbons (Fsp3) is 1.00. The van der Waals surface area contributed by atoms with Crippen LogP contribution < -0.4 is 0 Å². The quantitative estimate of drug-likeness (QED) is 0.815. The average Bonchev–Trinajstić information content (AvgIpc) is 2.24. The number of hydrogen-bond acceptors (Lipinski definition) is 4. The second kappa shape index (κ2) is 6.85. The molecule has 0 spiro atoms. The van der Waals surface area contributed by atoms with Crippen molar-refractivity contribution in [2.45, 2.75) is 65.0 Å².